The van der Waals surface area contributed by atoms with Crippen molar-refractivity contribution < 1.29 is 4.39 Å². The predicted molar refractivity (Wildman–Crippen MR) is 77.6 cm³/mol. The molecule has 0 aliphatic carbocycles. The van der Waals surface area contributed by atoms with Crippen LogP contribution in [0.3, 0.4) is 0 Å². The van der Waals surface area contributed by atoms with Crippen LogP contribution in [0.15, 0.2) is 48.5 Å². The van der Waals surface area contributed by atoms with Crippen molar-refractivity contribution in [3.8, 4) is 0 Å². The maximum Gasteiger partial charge on any atom is 0.125 e. The van der Waals surface area contributed by atoms with Gasteiger partial charge in [-0.05, 0) is 35.7 Å². The standard InChI is InChI=1S/C16H19FN2/c1-2-12-6-3-4-9-15(12)16(11-18)19-14-8-5-7-13(17)10-14/h3-10,16,19H,2,11,18H2,1H3. The molecule has 1 unspecified atom stereocenters. The van der Waals surface area contributed by atoms with Gasteiger partial charge in [-0.1, -0.05) is 37.3 Å². The minimum absolute atomic E-state index is 0.00190. The lowest BCUT2D eigenvalue weighted by atomic mass is 9.98. The van der Waals surface area contributed by atoms with Crippen molar-refractivity contribution >= 4 is 5.69 Å². The van der Waals surface area contributed by atoms with Gasteiger partial charge >= 0.3 is 0 Å². The van der Waals surface area contributed by atoms with Gasteiger partial charge in [-0.15, -0.1) is 0 Å². The van der Waals surface area contributed by atoms with E-state index < -0.39 is 0 Å². The fraction of sp³-hybridized carbons (Fsp3) is 0.250. The molecule has 3 N–H and O–H groups in total. The van der Waals surface area contributed by atoms with Gasteiger partial charge in [0.1, 0.15) is 5.82 Å². The summed E-state index contributed by atoms with van der Waals surface area (Å²) in [5.74, 6) is -0.246. The Morgan fingerprint density at radius 2 is 1.95 bits per heavy atom. The molecule has 2 rings (SSSR count). The molecule has 2 aromatic carbocycles. The number of aryl methyl sites for hydroxylation is 1. The number of hydrogen-bond acceptors (Lipinski definition) is 2. The number of halogens is 1. The second-order valence-electron chi connectivity index (χ2n) is 4.50. The molecule has 0 saturated heterocycles. The van der Waals surface area contributed by atoms with Gasteiger partial charge in [-0.25, -0.2) is 4.39 Å². The lowest BCUT2D eigenvalue weighted by molar-refractivity contribution is 0.627. The second-order valence-corrected chi connectivity index (χ2v) is 4.50. The van der Waals surface area contributed by atoms with Crippen LogP contribution in [-0.4, -0.2) is 6.54 Å². The van der Waals surface area contributed by atoms with Crippen molar-refractivity contribution in [3.63, 3.8) is 0 Å². The van der Waals surface area contributed by atoms with Crippen LogP contribution >= 0.6 is 0 Å². The molecule has 2 aromatic rings. The third-order valence-corrected chi connectivity index (χ3v) is 3.21. The number of rotatable bonds is 5. The first-order valence-electron chi connectivity index (χ1n) is 6.54. The van der Waals surface area contributed by atoms with Crippen LogP contribution in [-0.2, 0) is 6.42 Å². The topological polar surface area (TPSA) is 38.0 Å². The number of benzene rings is 2. The van der Waals surface area contributed by atoms with E-state index in [-0.39, 0.29) is 11.9 Å². The molecule has 0 aromatic heterocycles. The minimum atomic E-state index is -0.246. The Hall–Kier alpha value is -1.87. The van der Waals surface area contributed by atoms with E-state index in [9.17, 15) is 4.39 Å². The van der Waals surface area contributed by atoms with Gasteiger partial charge in [0.05, 0.1) is 6.04 Å². The van der Waals surface area contributed by atoms with E-state index in [0.29, 0.717) is 6.54 Å². The zero-order chi connectivity index (χ0) is 13.7. The van der Waals surface area contributed by atoms with E-state index in [2.05, 4.69) is 24.4 Å². The van der Waals surface area contributed by atoms with E-state index in [4.69, 9.17) is 5.73 Å². The Labute approximate surface area is 113 Å². The summed E-state index contributed by atoms with van der Waals surface area (Å²) in [5, 5.41) is 3.30. The van der Waals surface area contributed by atoms with Crippen LogP contribution in [0.2, 0.25) is 0 Å². The molecule has 100 valence electrons. The first-order valence-corrected chi connectivity index (χ1v) is 6.54. The van der Waals surface area contributed by atoms with Gasteiger partial charge in [0.15, 0.2) is 0 Å². The number of nitrogens with two attached hydrogens (primary N) is 1. The van der Waals surface area contributed by atoms with Crippen LogP contribution in [0.4, 0.5) is 10.1 Å². The largest absolute Gasteiger partial charge is 0.377 e. The van der Waals surface area contributed by atoms with Gasteiger partial charge in [0.2, 0.25) is 0 Å². The monoisotopic (exact) mass is 258 g/mol. The SMILES string of the molecule is CCc1ccccc1C(CN)Nc1cccc(F)c1. The summed E-state index contributed by atoms with van der Waals surface area (Å²) in [6.45, 7) is 2.59. The minimum Gasteiger partial charge on any atom is -0.377 e. The van der Waals surface area contributed by atoms with Gasteiger partial charge in [-0.2, -0.15) is 0 Å². The van der Waals surface area contributed by atoms with Crippen molar-refractivity contribution in [2.24, 2.45) is 5.73 Å². The van der Waals surface area contributed by atoms with Crippen LogP contribution in [0.25, 0.3) is 0 Å². The Bertz CT molecular complexity index is 540. The molecule has 0 bridgehead atoms. The normalized spacial score (nSPS) is 12.2. The maximum absolute atomic E-state index is 13.2. The van der Waals surface area contributed by atoms with Crippen molar-refractivity contribution in [2.45, 2.75) is 19.4 Å². The Morgan fingerprint density at radius 1 is 1.16 bits per heavy atom. The molecule has 2 nitrogen and oxygen atoms in total. The summed E-state index contributed by atoms with van der Waals surface area (Å²) in [7, 11) is 0. The van der Waals surface area contributed by atoms with Crippen molar-refractivity contribution in [1.29, 1.82) is 0 Å². The molecule has 1 atom stereocenters. The molecule has 0 aliphatic heterocycles. The third-order valence-electron chi connectivity index (χ3n) is 3.21. The van der Waals surface area contributed by atoms with Crippen molar-refractivity contribution in [2.75, 3.05) is 11.9 Å². The number of hydrogen-bond donors (Lipinski definition) is 2. The average molecular weight is 258 g/mol. The average Bonchev–Trinajstić information content (AvgIpc) is 2.45. The third kappa shape index (κ3) is 3.32. The Morgan fingerprint density at radius 3 is 2.63 bits per heavy atom. The molecule has 3 heteroatoms. The van der Waals surface area contributed by atoms with Crippen LogP contribution in [0.5, 0.6) is 0 Å². The van der Waals surface area contributed by atoms with Crippen LogP contribution in [0.1, 0.15) is 24.1 Å². The highest BCUT2D eigenvalue weighted by Crippen LogP contribution is 2.22. The highest BCUT2D eigenvalue weighted by molar-refractivity contribution is 5.47. The zero-order valence-electron chi connectivity index (χ0n) is 11.1. The van der Waals surface area contributed by atoms with Crippen LogP contribution in [0, 0.1) is 5.82 Å². The molecular formula is C16H19FN2. The highest BCUT2D eigenvalue weighted by atomic mass is 19.1. The summed E-state index contributed by atoms with van der Waals surface area (Å²) < 4.78 is 13.2. The predicted octanol–water partition coefficient (Wildman–Crippen LogP) is 3.50. The summed E-state index contributed by atoms with van der Waals surface area (Å²) in [6, 6.07) is 14.7. The highest BCUT2D eigenvalue weighted by Gasteiger charge is 2.12. The van der Waals surface area contributed by atoms with E-state index in [1.54, 1.807) is 6.07 Å². The summed E-state index contributed by atoms with van der Waals surface area (Å²) in [4.78, 5) is 0. The van der Waals surface area contributed by atoms with Crippen LogP contribution < -0.4 is 11.1 Å². The maximum atomic E-state index is 13.2. The molecule has 0 amide bonds. The van der Waals surface area contributed by atoms with Crippen molar-refractivity contribution in [1.82, 2.24) is 0 Å². The molecule has 0 radical (unpaired) electrons. The van der Waals surface area contributed by atoms with Gasteiger partial charge < -0.3 is 11.1 Å². The molecule has 0 saturated carbocycles. The smallest absolute Gasteiger partial charge is 0.125 e. The van der Waals surface area contributed by atoms with Gasteiger partial charge in [0, 0.05) is 12.2 Å². The Kier molecular flexibility index (Phi) is 4.53. The fourth-order valence-electron chi connectivity index (χ4n) is 2.24. The first-order chi connectivity index (χ1) is 9.24. The summed E-state index contributed by atoms with van der Waals surface area (Å²) in [5.41, 5.74) is 9.05. The van der Waals surface area contributed by atoms with E-state index in [0.717, 1.165) is 12.1 Å². The summed E-state index contributed by atoms with van der Waals surface area (Å²) >= 11 is 0. The molecular weight excluding hydrogens is 239 g/mol. The molecule has 0 fully saturated rings. The van der Waals surface area contributed by atoms with Crippen molar-refractivity contribution in [3.05, 3.63) is 65.5 Å². The molecule has 0 spiro atoms. The lowest BCUT2D eigenvalue weighted by Crippen LogP contribution is -2.21. The quantitative estimate of drug-likeness (QED) is 0.861. The van der Waals surface area contributed by atoms with E-state index >= 15 is 0 Å². The number of nitrogens with one attached hydrogen (secondary N) is 1. The molecule has 19 heavy (non-hydrogen) atoms. The first kappa shape index (κ1) is 13.6. The van der Waals surface area contributed by atoms with E-state index in [1.807, 2.05) is 18.2 Å². The number of anilines is 1. The summed E-state index contributed by atoms with van der Waals surface area (Å²) in [6.07, 6.45) is 0.956. The molecule has 0 aliphatic rings. The van der Waals surface area contributed by atoms with Gasteiger partial charge in [-0.3, -0.25) is 0 Å². The molecule has 0 heterocycles. The Balaban J connectivity index is 2.25. The zero-order valence-corrected chi connectivity index (χ0v) is 11.1. The van der Waals surface area contributed by atoms with Gasteiger partial charge in [0.25, 0.3) is 0 Å². The lowest BCUT2D eigenvalue weighted by Gasteiger charge is -2.21. The fourth-order valence-corrected chi connectivity index (χ4v) is 2.24. The van der Waals surface area contributed by atoms with E-state index in [1.165, 1.54) is 23.3 Å². The second kappa shape index (κ2) is 6.34.